The molecule has 158 valence electrons. The fourth-order valence-corrected chi connectivity index (χ4v) is 3.37. The Hall–Kier alpha value is -2.51. The Bertz CT molecular complexity index is 804. The van der Waals surface area contributed by atoms with Gasteiger partial charge in [-0.05, 0) is 30.9 Å². The second kappa shape index (κ2) is 10.3. The molecule has 0 amide bonds. The summed E-state index contributed by atoms with van der Waals surface area (Å²) in [6.45, 7) is 4.02. The highest BCUT2D eigenvalue weighted by Gasteiger charge is 2.17. The van der Waals surface area contributed by atoms with Crippen molar-refractivity contribution in [2.24, 2.45) is 0 Å². The third-order valence-electron chi connectivity index (χ3n) is 4.94. The third-order valence-corrected chi connectivity index (χ3v) is 4.94. The highest BCUT2D eigenvalue weighted by atomic mass is 16.6. The molecule has 29 heavy (non-hydrogen) atoms. The van der Waals surface area contributed by atoms with E-state index in [2.05, 4.69) is 4.98 Å². The largest absolute Gasteiger partial charge is 0.507 e. The predicted molar refractivity (Wildman–Crippen MR) is 108 cm³/mol. The van der Waals surface area contributed by atoms with Crippen LogP contribution in [0.25, 0.3) is 0 Å². The van der Waals surface area contributed by atoms with Gasteiger partial charge in [-0.3, -0.25) is 0 Å². The molecular formula is C22H29NO6. The number of aryl methyl sites for hydroxylation is 2. The Labute approximate surface area is 171 Å². The van der Waals surface area contributed by atoms with Crippen LogP contribution in [-0.4, -0.2) is 56.8 Å². The maximum atomic E-state index is 10.5. The van der Waals surface area contributed by atoms with Crippen molar-refractivity contribution in [2.45, 2.75) is 32.3 Å². The summed E-state index contributed by atoms with van der Waals surface area (Å²) in [5.74, 6) is 2.12. The average Bonchev–Trinajstić information content (AvgIpc) is 2.76. The Morgan fingerprint density at radius 3 is 2.69 bits per heavy atom. The van der Waals surface area contributed by atoms with E-state index in [9.17, 15) is 5.11 Å². The van der Waals surface area contributed by atoms with Crippen molar-refractivity contribution in [2.75, 3.05) is 40.6 Å². The molecule has 7 nitrogen and oxygen atoms in total. The number of pyridine rings is 1. The summed E-state index contributed by atoms with van der Waals surface area (Å²) in [5.41, 5.74) is 2.71. The molecule has 1 aliphatic rings. The highest BCUT2D eigenvalue weighted by molar-refractivity contribution is 5.43. The summed E-state index contributed by atoms with van der Waals surface area (Å²) in [5, 5.41) is 10.5. The zero-order valence-corrected chi connectivity index (χ0v) is 17.3. The lowest BCUT2D eigenvalue weighted by Crippen LogP contribution is -2.33. The second-order valence-corrected chi connectivity index (χ2v) is 6.81. The molecule has 0 radical (unpaired) electrons. The first-order valence-electron chi connectivity index (χ1n) is 9.89. The molecule has 1 saturated heterocycles. The Morgan fingerprint density at radius 1 is 1.14 bits per heavy atom. The summed E-state index contributed by atoms with van der Waals surface area (Å²) in [4.78, 5) is 4.65. The lowest BCUT2D eigenvalue weighted by Gasteiger charge is -2.23. The molecule has 7 heteroatoms. The minimum atomic E-state index is -0.120. The van der Waals surface area contributed by atoms with Gasteiger partial charge < -0.3 is 28.8 Å². The van der Waals surface area contributed by atoms with Crippen molar-refractivity contribution in [3.05, 3.63) is 41.1 Å². The quantitative estimate of drug-likeness (QED) is 0.690. The fraction of sp³-hybridized carbons (Fsp3) is 0.500. The van der Waals surface area contributed by atoms with Gasteiger partial charge in [0, 0.05) is 17.7 Å². The van der Waals surface area contributed by atoms with Gasteiger partial charge in [-0.15, -0.1) is 0 Å². The molecule has 0 bridgehead atoms. The van der Waals surface area contributed by atoms with E-state index >= 15 is 0 Å². The first kappa shape index (κ1) is 21.2. The van der Waals surface area contributed by atoms with Crippen molar-refractivity contribution >= 4 is 0 Å². The van der Waals surface area contributed by atoms with Gasteiger partial charge in [-0.25, -0.2) is 4.98 Å². The van der Waals surface area contributed by atoms with Crippen LogP contribution in [0.15, 0.2) is 24.3 Å². The van der Waals surface area contributed by atoms with Gasteiger partial charge in [0.15, 0.2) is 0 Å². The molecule has 1 aromatic carbocycles. The molecule has 0 spiro atoms. The Morgan fingerprint density at radius 2 is 2.00 bits per heavy atom. The smallest absolute Gasteiger partial charge is 0.217 e. The van der Waals surface area contributed by atoms with Gasteiger partial charge in [-0.2, -0.15) is 0 Å². The number of rotatable bonds is 9. The van der Waals surface area contributed by atoms with Crippen molar-refractivity contribution in [3.63, 3.8) is 0 Å². The summed E-state index contributed by atoms with van der Waals surface area (Å²) in [6, 6.07) is 7.34. The van der Waals surface area contributed by atoms with E-state index in [-0.39, 0.29) is 11.9 Å². The van der Waals surface area contributed by atoms with E-state index in [1.807, 2.05) is 25.1 Å². The van der Waals surface area contributed by atoms with Crippen molar-refractivity contribution in [3.8, 4) is 23.1 Å². The molecule has 2 heterocycles. The predicted octanol–water partition coefficient (Wildman–Crippen LogP) is 2.95. The van der Waals surface area contributed by atoms with Crippen LogP contribution in [-0.2, 0) is 28.7 Å². The molecule has 2 aromatic rings. The monoisotopic (exact) mass is 403 g/mol. The Kier molecular flexibility index (Phi) is 7.55. The van der Waals surface area contributed by atoms with Crippen LogP contribution in [0.4, 0.5) is 0 Å². The van der Waals surface area contributed by atoms with Gasteiger partial charge in [0.1, 0.15) is 30.0 Å². The van der Waals surface area contributed by atoms with Crippen molar-refractivity contribution in [1.82, 2.24) is 4.98 Å². The number of aromatic hydroxyl groups is 1. The number of hydrogen-bond acceptors (Lipinski definition) is 7. The minimum absolute atomic E-state index is 0.120. The van der Waals surface area contributed by atoms with Crippen LogP contribution in [0.1, 0.15) is 23.7 Å². The van der Waals surface area contributed by atoms with E-state index in [0.717, 1.165) is 34.7 Å². The second-order valence-electron chi connectivity index (χ2n) is 6.81. The summed E-state index contributed by atoms with van der Waals surface area (Å²) >= 11 is 0. The van der Waals surface area contributed by atoms with Crippen LogP contribution >= 0.6 is 0 Å². The molecular weight excluding hydrogens is 374 g/mol. The van der Waals surface area contributed by atoms with E-state index < -0.39 is 0 Å². The summed E-state index contributed by atoms with van der Waals surface area (Å²) in [7, 11) is 3.27. The minimum Gasteiger partial charge on any atom is -0.507 e. The molecule has 1 N–H and O–H groups in total. The maximum Gasteiger partial charge on any atom is 0.217 e. The van der Waals surface area contributed by atoms with E-state index in [1.165, 1.54) is 0 Å². The van der Waals surface area contributed by atoms with Crippen molar-refractivity contribution < 1.29 is 28.8 Å². The zero-order valence-electron chi connectivity index (χ0n) is 17.3. The molecule has 1 aromatic heterocycles. The topological polar surface area (TPSA) is 79.3 Å². The van der Waals surface area contributed by atoms with Gasteiger partial charge in [-0.1, -0.05) is 13.0 Å². The normalized spacial score (nSPS) is 16.4. The van der Waals surface area contributed by atoms with Crippen LogP contribution < -0.4 is 14.2 Å². The first-order valence-corrected chi connectivity index (χ1v) is 9.89. The zero-order chi connectivity index (χ0) is 20.6. The van der Waals surface area contributed by atoms with Gasteiger partial charge in [0.25, 0.3) is 0 Å². The highest BCUT2D eigenvalue weighted by Crippen LogP contribution is 2.29. The van der Waals surface area contributed by atoms with Gasteiger partial charge >= 0.3 is 0 Å². The number of aromatic nitrogens is 1. The lowest BCUT2D eigenvalue weighted by atomic mass is 10.0. The SMILES string of the molecule is CCc1c(O)cc(OC[C@@H]2COCCO2)nc1CCc1ccc(OC)cc1OC. The van der Waals surface area contributed by atoms with Crippen LogP contribution in [0.5, 0.6) is 23.1 Å². The molecule has 3 rings (SSSR count). The molecule has 0 saturated carbocycles. The molecule has 1 fully saturated rings. The number of hydrogen-bond donors (Lipinski definition) is 1. The molecule has 1 aliphatic heterocycles. The van der Waals surface area contributed by atoms with E-state index in [1.54, 1.807) is 20.3 Å². The third kappa shape index (κ3) is 5.52. The van der Waals surface area contributed by atoms with Crippen LogP contribution in [0.3, 0.4) is 0 Å². The van der Waals surface area contributed by atoms with Crippen LogP contribution in [0.2, 0.25) is 0 Å². The lowest BCUT2D eigenvalue weighted by molar-refractivity contribution is -0.102. The molecule has 1 atom stereocenters. The van der Waals surface area contributed by atoms with Crippen LogP contribution in [0, 0.1) is 0 Å². The maximum absolute atomic E-state index is 10.5. The van der Waals surface area contributed by atoms with Gasteiger partial charge in [0.2, 0.25) is 5.88 Å². The number of benzene rings is 1. The first-order chi connectivity index (χ1) is 14.1. The van der Waals surface area contributed by atoms with E-state index in [0.29, 0.717) is 45.1 Å². The summed E-state index contributed by atoms with van der Waals surface area (Å²) < 4.78 is 27.5. The van der Waals surface area contributed by atoms with Gasteiger partial charge in [0.05, 0.1) is 39.7 Å². The number of nitrogens with zero attached hydrogens (tertiary/aromatic N) is 1. The number of ether oxygens (including phenoxy) is 5. The van der Waals surface area contributed by atoms with Crippen molar-refractivity contribution in [1.29, 1.82) is 0 Å². The average molecular weight is 403 g/mol. The number of methoxy groups -OCH3 is 2. The fourth-order valence-electron chi connectivity index (χ4n) is 3.37. The summed E-state index contributed by atoms with van der Waals surface area (Å²) in [6.07, 6.45) is 1.94. The Balaban J connectivity index is 1.72. The standard InChI is InChI=1S/C22H29NO6/c1-4-18-19(8-6-15-5-7-16(25-2)11-21(15)26-3)23-22(12-20(18)24)29-14-17-13-27-9-10-28-17/h5,7,11-12,17H,4,6,8-10,13-14H2,1-3H3,(H,23,24)/t17-/m0/s1. The molecule has 0 aliphatic carbocycles. The molecule has 0 unspecified atom stereocenters. The van der Waals surface area contributed by atoms with E-state index in [4.69, 9.17) is 23.7 Å².